The van der Waals surface area contributed by atoms with Crippen LogP contribution >= 0.6 is 12.6 Å². The molecular weight excluding hydrogens is 146 g/mol. The molecule has 0 amide bonds. The van der Waals surface area contributed by atoms with Crippen molar-refractivity contribution in [2.45, 2.75) is 4.90 Å². The zero-order valence-electron chi connectivity index (χ0n) is 5.24. The van der Waals surface area contributed by atoms with E-state index in [-0.39, 0.29) is 0 Å². The highest BCUT2D eigenvalue weighted by Gasteiger charge is 1.94. The van der Waals surface area contributed by atoms with Crippen LogP contribution < -0.4 is 5.73 Å². The third kappa shape index (κ3) is 1.30. The first-order valence-electron chi connectivity index (χ1n) is 2.77. The van der Waals surface area contributed by atoms with E-state index in [1.54, 1.807) is 18.2 Å². The Morgan fingerprint density at radius 2 is 2.20 bits per heavy atom. The Labute approximate surface area is 64.5 Å². The van der Waals surface area contributed by atoms with Crippen LogP contribution in [0.2, 0.25) is 0 Å². The molecule has 1 rings (SSSR count). The molecule has 0 radical (unpaired) electrons. The van der Waals surface area contributed by atoms with Gasteiger partial charge in [0.15, 0.2) is 0 Å². The minimum Gasteiger partial charge on any atom is -0.398 e. The van der Waals surface area contributed by atoms with Gasteiger partial charge in [-0.05, 0) is 12.1 Å². The van der Waals surface area contributed by atoms with E-state index >= 15 is 0 Å². The predicted octanol–water partition coefficient (Wildman–Crippen LogP) is 1.37. The number of thiol groups is 1. The van der Waals surface area contributed by atoms with Crippen LogP contribution in [0, 0.1) is 0 Å². The summed E-state index contributed by atoms with van der Waals surface area (Å²) < 4.78 is 0. The number of nitrogens with two attached hydrogens (primary N) is 1. The van der Waals surface area contributed by atoms with E-state index in [9.17, 15) is 4.79 Å². The van der Waals surface area contributed by atoms with Gasteiger partial charge in [0, 0.05) is 16.1 Å². The lowest BCUT2D eigenvalue weighted by Crippen LogP contribution is -1.88. The monoisotopic (exact) mass is 153 g/mol. The molecule has 0 saturated carbocycles. The molecule has 0 spiro atoms. The maximum atomic E-state index is 10.2. The molecule has 0 aromatic heterocycles. The first kappa shape index (κ1) is 7.15. The molecule has 0 aliphatic carbocycles. The average molecular weight is 153 g/mol. The molecule has 1 aromatic rings. The molecule has 0 fully saturated rings. The van der Waals surface area contributed by atoms with Gasteiger partial charge in [0.1, 0.15) is 6.29 Å². The standard InChI is InChI=1S/C7H7NOS/c8-6-3-5(4-9)1-2-7(6)10/h1-4,10H,8H2. The van der Waals surface area contributed by atoms with Gasteiger partial charge in [-0.3, -0.25) is 4.79 Å². The summed E-state index contributed by atoms with van der Waals surface area (Å²) in [5, 5.41) is 0. The molecule has 0 aliphatic rings. The van der Waals surface area contributed by atoms with Crippen molar-refractivity contribution < 1.29 is 4.79 Å². The minimum absolute atomic E-state index is 0.535. The molecular formula is C7H7NOS. The van der Waals surface area contributed by atoms with E-state index in [0.717, 1.165) is 6.29 Å². The zero-order valence-corrected chi connectivity index (χ0v) is 6.14. The van der Waals surface area contributed by atoms with Gasteiger partial charge in [-0.1, -0.05) is 6.07 Å². The molecule has 0 heterocycles. The van der Waals surface area contributed by atoms with Crippen molar-refractivity contribution in [2.75, 3.05) is 5.73 Å². The molecule has 10 heavy (non-hydrogen) atoms. The van der Waals surface area contributed by atoms with E-state index in [1.165, 1.54) is 0 Å². The van der Waals surface area contributed by atoms with Gasteiger partial charge in [0.25, 0.3) is 0 Å². The summed E-state index contributed by atoms with van der Waals surface area (Å²) in [6.07, 6.45) is 0.754. The molecule has 2 nitrogen and oxygen atoms in total. The Morgan fingerprint density at radius 3 is 2.70 bits per heavy atom. The fraction of sp³-hybridized carbons (Fsp3) is 0. The topological polar surface area (TPSA) is 43.1 Å². The van der Waals surface area contributed by atoms with Crippen molar-refractivity contribution in [1.29, 1.82) is 0 Å². The molecule has 1 aromatic carbocycles. The van der Waals surface area contributed by atoms with Gasteiger partial charge in [-0.2, -0.15) is 0 Å². The lowest BCUT2D eigenvalue weighted by molar-refractivity contribution is 0.112. The number of benzene rings is 1. The summed E-state index contributed by atoms with van der Waals surface area (Å²) in [5.74, 6) is 0. The number of carbonyl (C=O) groups is 1. The van der Waals surface area contributed by atoms with Gasteiger partial charge >= 0.3 is 0 Å². The summed E-state index contributed by atoms with van der Waals surface area (Å²) >= 11 is 4.04. The average Bonchev–Trinajstić information content (AvgIpc) is 1.95. The van der Waals surface area contributed by atoms with Crippen LogP contribution in [0.5, 0.6) is 0 Å². The molecule has 0 unspecified atom stereocenters. The van der Waals surface area contributed by atoms with E-state index < -0.39 is 0 Å². The number of hydrogen-bond acceptors (Lipinski definition) is 3. The van der Waals surface area contributed by atoms with Crippen LogP contribution in [0.3, 0.4) is 0 Å². The maximum absolute atomic E-state index is 10.2. The fourth-order valence-electron chi connectivity index (χ4n) is 0.646. The number of anilines is 1. The zero-order chi connectivity index (χ0) is 7.56. The Bertz CT molecular complexity index is 260. The lowest BCUT2D eigenvalue weighted by atomic mass is 10.2. The number of carbonyl (C=O) groups excluding carboxylic acids is 1. The second-order valence-corrected chi connectivity index (χ2v) is 2.42. The van der Waals surface area contributed by atoms with Crippen molar-refractivity contribution in [1.82, 2.24) is 0 Å². The summed E-state index contributed by atoms with van der Waals surface area (Å²) in [6.45, 7) is 0. The first-order chi connectivity index (χ1) is 4.74. The van der Waals surface area contributed by atoms with Crippen molar-refractivity contribution in [3.05, 3.63) is 23.8 Å². The summed E-state index contributed by atoms with van der Waals surface area (Å²) in [5.41, 5.74) is 6.58. The highest BCUT2D eigenvalue weighted by Crippen LogP contribution is 2.16. The van der Waals surface area contributed by atoms with E-state index in [0.29, 0.717) is 16.1 Å². The number of hydrogen-bond donors (Lipinski definition) is 2. The number of nitrogen functional groups attached to an aromatic ring is 1. The smallest absolute Gasteiger partial charge is 0.150 e. The molecule has 0 atom stereocenters. The third-order valence-corrected chi connectivity index (χ3v) is 1.59. The van der Waals surface area contributed by atoms with Gasteiger partial charge in [0.2, 0.25) is 0 Å². The van der Waals surface area contributed by atoms with E-state index in [1.807, 2.05) is 0 Å². The molecule has 2 N–H and O–H groups in total. The Morgan fingerprint density at radius 1 is 1.50 bits per heavy atom. The Hall–Kier alpha value is -0.960. The largest absolute Gasteiger partial charge is 0.398 e. The van der Waals surface area contributed by atoms with Crippen LogP contribution in [0.15, 0.2) is 23.1 Å². The van der Waals surface area contributed by atoms with Crippen molar-refractivity contribution >= 4 is 24.6 Å². The SMILES string of the molecule is Nc1cc(C=O)ccc1S. The molecule has 0 aliphatic heterocycles. The van der Waals surface area contributed by atoms with Crippen LogP contribution in [0.25, 0.3) is 0 Å². The highest BCUT2D eigenvalue weighted by molar-refractivity contribution is 7.80. The van der Waals surface area contributed by atoms with Crippen LogP contribution in [0.1, 0.15) is 10.4 Å². The predicted molar refractivity (Wildman–Crippen MR) is 43.5 cm³/mol. The van der Waals surface area contributed by atoms with Crippen molar-refractivity contribution in [3.63, 3.8) is 0 Å². The fourth-order valence-corrected chi connectivity index (χ4v) is 0.785. The van der Waals surface area contributed by atoms with Crippen LogP contribution in [0.4, 0.5) is 5.69 Å². The minimum atomic E-state index is 0.535. The summed E-state index contributed by atoms with van der Waals surface area (Å²) in [6, 6.07) is 4.96. The Kier molecular flexibility index (Phi) is 1.97. The second kappa shape index (κ2) is 2.75. The summed E-state index contributed by atoms with van der Waals surface area (Å²) in [7, 11) is 0. The second-order valence-electron chi connectivity index (χ2n) is 1.94. The van der Waals surface area contributed by atoms with Crippen molar-refractivity contribution in [3.8, 4) is 0 Å². The maximum Gasteiger partial charge on any atom is 0.150 e. The van der Waals surface area contributed by atoms with E-state index in [2.05, 4.69) is 12.6 Å². The van der Waals surface area contributed by atoms with Gasteiger partial charge in [-0.25, -0.2) is 0 Å². The van der Waals surface area contributed by atoms with Crippen LogP contribution in [-0.4, -0.2) is 6.29 Å². The van der Waals surface area contributed by atoms with E-state index in [4.69, 9.17) is 5.73 Å². The van der Waals surface area contributed by atoms with Crippen LogP contribution in [-0.2, 0) is 0 Å². The Balaban J connectivity index is 3.16. The summed E-state index contributed by atoms with van der Waals surface area (Å²) in [4.78, 5) is 10.9. The lowest BCUT2D eigenvalue weighted by Gasteiger charge is -1.97. The quantitative estimate of drug-likeness (QED) is 0.363. The van der Waals surface area contributed by atoms with Gasteiger partial charge in [0.05, 0.1) is 0 Å². The highest BCUT2D eigenvalue weighted by atomic mass is 32.1. The molecule has 52 valence electrons. The first-order valence-corrected chi connectivity index (χ1v) is 3.22. The molecule has 0 bridgehead atoms. The van der Waals surface area contributed by atoms with Gasteiger partial charge < -0.3 is 5.73 Å². The van der Waals surface area contributed by atoms with Gasteiger partial charge in [-0.15, -0.1) is 12.6 Å². The number of rotatable bonds is 1. The molecule has 0 saturated heterocycles. The molecule has 3 heteroatoms. The number of aldehydes is 1. The third-order valence-electron chi connectivity index (χ3n) is 1.19. The van der Waals surface area contributed by atoms with Crippen molar-refractivity contribution in [2.24, 2.45) is 0 Å². The normalized spacial score (nSPS) is 9.30.